The van der Waals surface area contributed by atoms with Crippen LogP contribution in [0.1, 0.15) is 28.9 Å². The minimum atomic E-state index is -0.280. The predicted octanol–water partition coefficient (Wildman–Crippen LogP) is 3.86. The number of hydrogen-bond donors (Lipinski definition) is 1. The Balaban J connectivity index is 1.64. The number of nitrogens with zero attached hydrogens (tertiary/aromatic N) is 4. The molecule has 1 N–H and O–H groups in total. The predicted molar refractivity (Wildman–Crippen MR) is 120 cm³/mol. The topological polar surface area (TPSA) is 72.2 Å². The largest absolute Gasteiger partial charge is 0.347 e. The lowest BCUT2D eigenvalue weighted by Gasteiger charge is -2.15. The second-order valence-electron chi connectivity index (χ2n) is 8.39. The van der Waals surface area contributed by atoms with Crippen LogP contribution in [-0.4, -0.2) is 45.1 Å². The molecule has 5 rings (SSSR count). The highest BCUT2D eigenvalue weighted by Gasteiger charge is 2.29. The van der Waals surface area contributed by atoms with Gasteiger partial charge in [-0.2, -0.15) is 0 Å². The van der Waals surface area contributed by atoms with Crippen LogP contribution in [0.3, 0.4) is 0 Å². The Hall–Kier alpha value is -3.61. The Bertz CT molecular complexity index is 1280. The van der Waals surface area contributed by atoms with Gasteiger partial charge in [0, 0.05) is 45.0 Å². The van der Waals surface area contributed by atoms with Gasteiger partial charge < -0.3 is 14.8 Å². The first-order valence-corrected chi connectivity index (χ1v) is 10.6. The number of hydrogen-bond acceptors (Lipinski definition) is 3. The van der Waals surface area contributed by atoms with Crippen molar-refractivity contribution in [3.8, 4) is 0 Å². The van der Waals surface area contributed by atoms with E-state index in [9.17, 15) is 9.59 Å². The Labute approximate surface area is 180 Å². The summed E-state index contributed by atoms with van der Waals surface area (Å²) in [5.41, 5.74) is 4.07. The van der Waals surface area contributed by atoms with E-state index in [0.717, 1.165) is 34.0 Å². The molecule has 0 radical (unpaired) electrons. The van der Waals surface area contributed by atoms with E-state index in [1.54, 1.807) is 31.1 Å². The molecule has 7 heteroatoms. The number of aromatic nitrogens is 3. The molecule has 0 aliphatic heterocycles. The quantitative estimate of drug-likeness (QED) is 0.538. The molecule has 7 nitrogen and oxygen atoms in total. The maximum atomic E-state index is 13.2. The van der Waals surface area contributed by atoms with Gasteiger partial charge in [0.05, 0.1) is 16.6 Å². The lowest BCUT2D eigenvalue weighted by atomic mass is 10.2. The molecular weight excluding hydrogens is 390 g/mol. The average Bonchev–Trinajstić information content (AvgIpc) is 3.45. The second-order valence-corrected chi connectivity index (χ2v) is 8.39. The van der Waals surface area contributed by atoms with Gasteiger partial charge in [0.25, 0.3) is 5.91 Å². The summed E-state index contributed by atoms with van der Waals surface area (Å²) in [7, 11) is 3.41. The van der Waals surface area contributed by atoms with Crippen molar-refractivity contribution in [1.29, 1.82) is 0 Å². The van der Waals surface area contributed by atoms with Crippen molar-refractivity contribution in [3.05, 3.63) is 66.1 Å². The highest BCUT2D eigenvalue weighted by Crippen LogP contribution is 2.37. The van der Waals surface area contributed by atoms with Gasteiger partial charge >= 0.3 is 6.03 Å². The number of benzene rings is 1. The van der Waals surface area contributed by atoms with E-state index in [-0.39, 0.29) is 11.9 Å². The molecule has 0 atom stereocenters. The summed E-state index contributed by atoms with van der Waals surface area (Å²) in [5, 5.41) is 3.93. The van der Waals surface area contributed by atoms with Gasteiger partial charge in [-0.1, -0.05) is 24.3 Å². The zero-order valence-electron chi connectivity index (χ0n) is 17.7. The van der Waals surface area contributed by atoms with Crippen LogP contribution in [-0.2, 0) is 13.1 Å². The van der Waals surface area contributed by atoms with Gasteiger partial charge in [0.15, 0.2) is 0 Å². The summed E-state index contributed by atoms with van der Waals surface area (Å²) in [6, 6.07) is 13.5. The van der Waals surface area contributed by atoms with Crippen molar-refractivity contribution in [2.45, 2.75) is 25.9 Å². The van der Waals surface area contributed by atoms with Gasteiger partial charge in [0.1, 0.15) is 5.69 Å². The first kappa shape index (κ1) is 19.4. The van der Waals surface area contributed by atoms with Gasteiger partial charge in [-0.3, -0.25) is 14.3 Å². The standard InChI is InChI=1S/C24H25N5O2/c1-27(2)24(31)29-21(23(30)26-14-17-6-5-11-25-13-17)12-20-22(29)18-7-3-4-8-19(18)28(20)15-16-9-10-16/h3-8,11-13,16H,9-10,14-15H2,1-2H3,(H,26,30). The van der Waals surface area contributed by atoms with Crippen LogP contribution in [0, 0.1) is 5.92 Å². The van der Waals surface area contributed by atoms with Gasteiger partial charge in [0.2, 0.25) is 0 Å². The number of nitrogens with one attached hydrogen (secondary N) is 1. The van der Waals surface area contributed by atoms with E-state index in [4.69, 9.17) is 0 Å². The SMILES string of the molecule is CN(C)C(=O)n1c(C(=O)NCc2cccnc2)cc2c1c1ccccc1n2CC1CC1. The molecule has 158 valence electrons. The number of rotatable bonds is 5. The number of pyridine rings is 1. The number of amides is 2. The molecule has 1 aliphatic rings. The molecule has 3 heterocycles. The molecular formula is C24H25N5O2. The third-order valence-electron chi connectivity index (χ3n) is 5.84. The zero-order valence-corrected chi connectivity index (χ0v) is 17.7. The van der Waals surface area contributed by atoms with Gasteiger partial charge in [-0.05, 0) is 42.5 Å². The Morgan fingerprint density at radius 3 is 2.65 bits per heavy atom. The molecule has 31 heavy (non-hydrogen) atoms. The lowest BCUT2D eigenvalue weighted by molar-refractivity contribution is 0.0942. The van der Waals surface area contributed by atoms with Crippen LogP contribution < -0.4 is 5.32 Å². The smallest absolute Gasteiger partial charge is 0.328 e. The second kappa shape index (κ2) is 7.58. The molecule has 2 amide bonds. The van der Waals surface area contributed by atoms with Crippen molar-refractivity contribution in [2.75, 3.05) is 14.1 Å². The monoisotopic (exact) mass is 415 g/mol. The van der Waals surface area contributed by atoms with Crippen molar-refractivity contribution >= 4 is 33.9 Å². The van der Waals surface area contributed by atoms with Crippen LogP contribution in [0.5, 0.6) is 0 Å². The molecule has 1 aliphatic carbocycles. The van der Waals surface area contributed by atoms with Gasteiger partial charge in [-0.15, -0.1) is 0 Å². The highest BCUT2D eigenvalue weighted by atomic mass is 16.2. The molecule has 0 unspecified atom stereocenters. The zero-order chi connectivity index (χ0) is 21.5. The van der Waals surface area contributed by atoms with E-state index in [0.29, 0.717) is 18.2 Å². The Morgan fingerprint density at radius 1 is 1.13 bits per heavy atom. The van der Waals surface area contributed by atoms with Crippen LogP contribution >= 0.6 is 0 Å². The van der Waals surface area contributed by atoms with Gasteiger partial charge in [-0.25, -0.2) is 4.79 Å². The summed E-state index contributed by atoms with van der Waals surface area (Å²) < 4.78 is 3.82. The van der Waals surface area contributed by atoms with Crippen molar-refractivity contribution < 1.29 is 9.59 Å². The average molecular weight is 415 g/mol. The normalized spacial score (nSPS) is 13.6. The van der Waals surface area contributed by atoms with Crippen molar-refractivity contribution in [3.63, 3.8) is 0 Å². The minimum absolute atomic E-state index is 0.240. The number of carbonyl (C=O) groups excluding carboxylic acids is 2. The molecule has 1 fully saturated rings. The van der Waals surface area contributed by atoms with Crippen LogP contribution in [0.15, 0.2) is 54.9 Å². The third-order valence-corrected chi connectivity index (χ3v) is 5.84. The summed E-state index contributed by atoms with van der Waals surface area (Å²) in [4.78, 5) is 32.0. The molecule has 1 saturated carbocycles. The van der Waals surface area contributed by atoms with Crippen molar-refractivity contribution in [2.24, 2.45) is 5.92 Å². The summed E-state index contributed by atoms with van der Waals surface area (Å²) in [5.74, 6) is 0.382. The summed E-state index contributed by atoms with van der Waals surface area (Å²) >= 11 is 0. The maximum absolute atomic E-state index is 13.2. The molecule has 0 saturated heterocycles. The van der Waals surface area contributed by atoms with Crippen LogP contribution in [0.2, 0.25) is 0 Å². The van der Waals surface area contributed by atoms with E-state index >= 15 is 0 Å². The van der Waals surface area contributed by atoms with Crippen LogP contribution in [0.4, 0.5) is 4.79 Å². The Morgan fingerprint density at radius 2 is 1.94 bits per heavy atom. The number of carbonyl (C=O) groups is 2. The molecule has 1 aromatic carbocycles. The minimum Gasteiger partial charge on any atom is -0.347 e. The first-order chi connectivity index (χ1) is 15.0. The van der Waals surface area contributed by atoms with Crippen molar-refractivity contribution in [1.82, 2.24) is 24.3 Å². The fraction of sp³-hybridized carbons (Fsp3) is 0.292. The Kier molecular flexibility index (Phi) is 4.73. The summed E-state index contributed by atoms with van der Waals surface area (Å²) in [6.45, 7) is 1.25. The van der Waals surface area contributed by atoms with E-state index in [1.165, 1.54) is 17.7 Å². The van der Waals surface area contributed by atoms with Crippen LogP contribution in [0.25, 0.3) is 21.9 Å². The number of para-hydroxylation sites is 1. The molecule has 3 aromatic heterocycles. The summed E-state index contributed by atoms with van der Waals surface area (Å²) in [6.07, 6.45) is 5.87. The molecule has 0 bridgehead atoms. The van der Waals surface area contributed by atoms with E-state index in [2.05, 4.69) is 20.9 Å². The van der Waals surface area contributed by atoms with E-state index in [1.807, 2.05) is 36.4 Å². The fourth-order valence-electron chi connectivity index (χ4n) is 4.10. The highest BCUT2D eigenvalue weighted by molar-refractivity contribution is 6.14. The molecule has 4 aromatic rings. The van der Waals surface area contributed by atoms with E-state index < -0.39 is 0 Å². The number of fused-ring (bicyclic) bond motifs is 3. The molecule has 0 spiro atoms. The third kappa shape index (κ3) is 3.46. The lowest BCUT2D eigenvalue weighted by Crippen LogP contribution is -2.32. The fourth-order valence-corrected chi connectivity index (χ4v) is 4.10. The first-order valence-electron chi connectivity index (χ1n) is 10.6. The maximum Gasteiger partial charge on any atom is 0.328 e.